The number of hydrogen-bond acceptors (Lipinski definition) is 3. The molecule has 1 fully saturated rings. The zero-order valence-electron chi connectivity index (χ0n) is 12.6. The molecule has 1 heterocycles. The van der Waals surface area contributed by atoms with Crippen LogP contribution in [0.2, 0.25) is 0 Å². The van der Waals surface area contributed by atoms with Crippen LogP contribution in [-0.2, 0) is 9.53 Å². The number of nitrogens with zero attached hydrogens (tertiary/aromatic N) is 1. The predicted molar refractivity (Wildman–Crippen MR) is 76.3 cm³/mol. The van der Waals surface area contributed by atoms with Gasteiger partial charge in [-0.2, -0.15) is 0 Å². The van der Waals surface area contributed by atoms with E-state index < -0.39 is 17.5 Å². The van der Waals surface area contributed by atoms with Crippen molar-refractivity contribution in [1.29, 1.82) is 0 Å². The number of hydrogen-bond donors (Lipinski definition) is 0. The molecule has 0 saturated carbocycles. The van der Waals surface area contributed by atoms with E-state index in [1.54, 1.807) is 20.8 Å². The maximum atomic E-state index is 12.9. The Balaban J connectivity index is 2.13. The Kier molecular flexibility index (Phi) is 4.30. The maximum absolute atomic E-state index is 12.9. The lowest BCUT2D eigenvalue weighted by Crippen LogP contribution is -2.43. The summed E-state index contributed by atoms with van der Waals surface area (Å²) in [6, 6.07) is 4.80. The lowest BCUT2D eigenvalue weighted by molar-refractivity contribution is -0.159. The molecule has 1 saturated heterocycles. The summed E-state index contributed by atoms with van der Waals surface area (Å²) in [7, 11) is 0. The third-order valence-electron chi connectivity index (χ3n) is 3.28. The number of amides is 1. The van der Waals surface area contributed by atoms with Gasteiger partial charge in [0.15, 0.2) is 0 Å². The van der Waals surface area contributed by atoms with Gasteiger partial charge in [0.2, 0.25) is 0 Å². The van der Waals surface area contributed by atoms with Gasteiger partial charge in [0.25, 0.3) is 5.91 Å². The predicted octanol–water partition coefficient (Wildman–Crippen LogP) is 2.77. The van der Waals surface area contributed by atoms with E-state index in [9.17, 15) is 14.0 Å². The number of likely N-dealkylation sites (tertiary alicyclic amines) is 1. The molecule has 114 valence electrons. The molecule has 0 aromatic heterocycles. The van der Waals surface area contributed by atoms with Crippen LogP contribution < -0.4 is 0 Å². The molecule has 0 aliphatic carbocycles. The van der Waals surface area contributed by atoms with Crippen molar-refractivity contribution in [3.8, 4) is 0 Å². The van der Waals surface area contributed by atoms with Gasteiger partial charge in [-0.1, -0.05) is 0 Å². The van der Waals surface area contributed by atoms with Crippen molar-refractivity contribution in [2.45, 2.75) is 45.3 Å². The minimum Gasteiger partial charge on any atom is -0.458 e. The van der Waals surface area contributed by atoms with Gasteiger partial charge in [-0.15, -0.1) is 0 Å². The molecule has 4 nitrogen and oxygen atoms in total. The smallest absolute Gasteiger partial charge is 0.329 e. The number of ether oxygens (including phenoxy) is 1. The summed E-state index contributed by atoms with van der Waals surface area (Å²) in [5, 5.41) is 0. The SMILES string of the molecule is CC(C)(C)OC(=O)[C@@H]1CCCN1C(=O)c1ccc(F)cc1. The highest BCUT2D eigenvalue weighted by Gasteiger charge is 2.37. The van der Waals surface area contributed by atoms with Crippen LogP contribution in [0, 0.1) is 5.82 Å². The molecule has 1 aromatic carbocycles. The molecule has 0 bridgehead atoms. The Bertz CT molecular complexity index is 533. The van der Waals surface area contributed by atoms with Crippen molar-refractivity contribution in [1.82, 2.24) is 4.90 Å². The van der Waals surface area contributed by atoms with E-state index in [-0.39, 0.29) is 11.9 Å². The number of carbonyl (C=O) groups excluding carboxylic acids is 2. The van der Waals surface area contributed by atoms with Gasteiger partial charge in [-0.05, 0) is 57.9 Å². The molecule has 1 amide bonds. The van der Waals surface area contributed by atoms with Crippen LogP contribution in [0.3, 0.4) is 0 Å². The van der Waals surface area contributed by atoms with E-state index in [1.165, 1.54) is 29.2 Å². The second-order valence-corrected chi connectivity index (χ2v) is 6.20. The average molecular weight is 293 g/mol. The average Bonchev–Trinajstić information content (AvgIpc) is 2.86. The number of halogens is 1. The highest BCUT2D eigenvalue weighted by atomic mass is 19.1. The maximum Gasteiger partial charge on any atom is 0.329 e. The second-order valence-electron chi connectivity index (χ2n) is 6.20. The Morgan fingerprint density at radius 1 is 1.24 bits per heavy atom. The first-order valence-electron chi connectivity index (χ1n) is 7.07. The molecule has 0 N–H and O–H groups in total. The van der Waals surface area contributed by atoms with Crippen molar-refractivity contribution < 1.29 is 18.7 Å². The van der Waals surface area contributed by atoms with Crippen molar-refractivity contribution >= 4 is 11.9 Å². The summed E-state index contributed by atoms with van der Waals surface area (Å²) in [5.41, 5.74) is -0.198. The van der Waals surface area contributed by atoms with Crippen LogP contribution in [0.25, 0.3) is 0 Å². The van der Waals surface area contributed by atoms with Gasteiger partial charge in [-0.3, -0.25) is 4.79 Å². The molecule has 0 spiro atoms. The number of benzene rings is 1. The summed E-state index contributed by atoms with van der Waals surface area (Å²) in [4.78, 5) is 26.1. The van der Waals surface area contributed by atoms with Gasteiger partial charge in [0, 0.05) is 12.1 Å². The fourth-order valence-electron chi connectivity index (χ4n) is 2.38. The molecule has 1 aromatic rings. The van der Waals surface area contributed by atoms with Gasteiger partial charge in [0.05, 0.1) is 0 Å². The highest BCUT2D eigenvalue weighted by Crippen LogP contribution is 2.23. The molecular weight excluding hydrogens is 273 g/mol. The van der Waals surface area contributed by atoms with Crippen molar-refractivity contribution in [3.05, 3.63) is 35.6 Å². The first kappa shape index (κ1) is 15.5. The third-order valence-corrected chi connectivity index (χ3v) is 3.28. The van der Waals surface area contributed by atoms with E-state index >= 15 is 0 Å². The quantitative estimate of drug-likeness (QED) is 0.788. The minimum absolute atomic E-state index is 0.261. The van der Waals surface area contributed by atoms with Crippen LogP contribution in [0.15, 0.2) is 24.3 Å². The van der Waals surface area contributed by atoms with Crippen LogP contribution >= 0.6 is 0 Å². The fraction of sp³-hybridized carbons (Fsp3) is 0.500. The van der Waals surface area contributed by atoms with E-state index in [0.717, 1.165) is 6.42 Å². The van der Waals surface area contributed by atoms with E-state index in [4.69, 9.17) is 4.74 Å². The molecule has 1 atom stereocenters. The Morgan fingerprint density at radius 3 is 2.43 bits per heavy atom. The Hall–Kier alpha value is -1.91. The fourth-order valence-corrected chi connectivity index (χ4v) is 2.38. The zero-order valence-corrected chi connectivity index (χ0v) is 12.6. The van der Waals surface area contributed by atoms with Gasteiger partial charge < -0.3 is 9.64 Å². The zero-order chi connectivity index (χ0) is 15.6. The monoisotopic (exact) mass is 293 g/mol. The summed E-state index contributed by atoms with van der Waals surface area (Å²) < 4.78 is 18.3. The van der Waals surface area contributed by atoms with Crippen LogP contribution in [0.5, 0.6) is 0 Å². The Morgan fingerprint density at radius 2 is 1.86 bits per heavy atom. The summed E-state index contributed by atoms with van der Waals surface area (Å²) in [6.07, 6.45) is 1.36. The first-order valence-corrected chi connectivity index (χ1v) is 7.07. The minimum atomic E-state index is -0.579. The third kappa shape index (κ3) is 3.80. The molecular formula is C16H20FNO3. The van der Waals surface area contributed by atoms with Crippen molar-refractivity contribution in [2.75, 3.05) is 6.54 Å². The normalized spacial score (nSPS) is 18.7. The molecule has 21 heavy (non-hydrogen) atoms. The van der Waals surface area contributed by atoms with Crippen LogP contribution in [-0.4, -0.2) is 35.0 Å². The number of carbonyl (C=O) groups is 2. The van der Waals surface area contributed by atoms with E-state index in [1.807, 2.05) is 0 Å². The standard InChI is InChI=1S/C16H20FNO3/c1-16(2,3)21-15(20)13-5-4-10-18(13)14(19)11-6-8-12(17)9-7-11/h6-9,13H,4-5,10H2,1-3H3/t13-/m0/s1. The number of esters is 1. The molecule has 5 heteroatoms. The Labute approximate surface area is 123 Å². The van der Waals surface area contributed by atoms with Gasteiger partial charge in [0.1, 0.15) is 17.5 Å². The van der Waals surface area contributed by atoms with Crippen LogP contribution in [0.4, 0.5) is 4.39 Å². The highest BCUT2D eigenvalue weighted by molar-refractivity contribution is 5.97. The molecule has 1 aliphatic rings. The molecule has 1 aliphatic heterocycles. The molecule has 2 rings (SSSR count). The second kappa shape index (κ2) is 5.84. The van der Waals surface area contributed by atoms with Gasteiger partial charge >= 0.3 is 5.97 Å². The molecule has 0 radical (unpaired) electrons. The van der Waals surface area contributed by atoms with E-state index in [2.05, 4.69) is 0 Å². The van der Waals surface area contributed by atoms with Crippen LogP contribution in [0.1, 0.15) is 44.0 Å². The summed E-state index contributed by atoms with van der Waals surface area (Å²) in [5.74, 6) is -1.03. The van der Waals surface area contributed by atoms with Gasteiger partial charge in [-0.25, -0.2) is 9.18 Å². The number of rotatable bonds is 2. The first-order chi connectivity index (χ1) is 9.78. The topological polar surface area (TPSA) is 46.6 Å². The molecule has 0 unspecified atom stereocenters. The lowest BCUT2D eigenvalue weighted by atomic mass is 10.1. The summed E-state index contributed by atoms with van der Waals surface area (Å²) in [6.45, 7) is 5.91. The summed E-state index contributed by atoms with van der Waals surface area (Å²) >= 11 is 0. The van der Waals surface area contributed by atoms with Crippen molar-refractivity contribution in [3.63, 3.8) is 0 Å². The lowest BCUT2D eigenvalue weighted by Gasteiger charge is -2.27. The largest absolute Gasteiger partial charge is 0.458 e. The van der Waals surface area contributed by atoms with E-state index in [0.29, 0.717) is 18.5 Å². The van der Waals surface area contributed by atoms with Crippen molar-refractivity contribution in [2.24, 2.45) is 0 Å².